The molecule has 0 aromatic heterocycles. The molecule has 1 aromatic carbocycles. The van der Waals surface area contributed by atoms with E-state index in [9.17, 15) is 4.79 Å². The Labute approximate surface area is 91.7 Å². The summed E-state index contributed by atoms with van der Waals surface area (Å²) < 4.78 is 6.13. The zero-order chi connectivity index (χ0) is 10.6. The number of ether oxygens (including phenoxy) is 1. The summed E-state index contributed by atoms with van der Waals surface area (Å²) in [5, 5.41) is 0. The standard InChI is InChI=1S/C11H11BrO2/c1-8(2)7-14-10-5-3-4-9(6-13)11(10)12/h3-6H,1,7H2,2H3. The third-order valence-electron chi connectivity index (χ3n) is 1.59. The molecule has 0 saturated heterocycles. The van der Waals surface area contributed by atoms with Gasteiger partial charge in [0.05, 0.1) is 4.47 Å². The SMILES string of the molecule is C=C(C)COc1cccc(C=O)c1Br. The molecule has 0 unspecified atom stereocenters. The van der Waals surface area contributed by atoms with E-state index in [4.69, 9.17) is 4.74 Å². The number of aldehydes is 1. The van der Waals surface area contributed by atoms with E-state index in [1.165, 1.54) is 0 Å². The fraction of sp³-hybridized carbons (Fsp3) is 0.182. The zero-order valence-electron chi connectivity index (χ0n) is 7.92. The summed E-state index contributed by atoms with van der Waals surface area (Å²) in [5.41, 5.74) is 1.53. The van der Waals surface area contributed by atoms with Crippen molar-refractivity contribution in [2.75, 3.05) is 6.61 Å². The average molecular weight is 255 g/mol. The fourth-order valence-electron chi connectivity index (χ4n) is 0.931. The van der Waals surface area contributed by atoms with Crippen molar-refractivity contribution in [3.63, 3.8) is 0 Å². The molecule has 0 bridgehead atoms. The van der Waals surface area contributed by atoms with Crippen LogP contribution in [0.1, 0.15) is 17.3 Å². The van der Waals surface area contributed by atoms with Crippen molar-refractivity contribution in [2.24, 2.45) is 0 Å². The molecule has 0 spiro atoms. The Morgan fingerprint density at radius 2 is 2.36 bits per heavy atom. The molecule has 1 rings (SSSR count). The number of carbonyl (C=O) groups is 1. The average Bonchev–Trinajstić information content (AvgIpc) is 2.16. The first-order valence-corrected chi connectivity index (χ1v) is 4.95. The van der Waals surface area contributed by atoms with Crippen LogP contribution in [0.3, 0.4) is 0 Å². The van der Waals surface area contributed by atoms with Crippen LogP contribution in [-0.4, -0.2) is 12.9 Å². The van der Waals surface area contributed by atoms with Crippen LogP contribution in [0.25, 0.3) is 0 Å². The molecule has 0 atom stereocenters. The van der Waals surface area contributed by atoms with E-state index >= 15 is 0 Å². The minimum Gasteiger partial charge on any atom is -0.488 e. The van der Waals surface area contributed by atoms with Crippen LogP contribution >= 0.6 is 15.9 Å². The van der Waals surface area contributed by atoms with Gasteiger partial charge in [0, 0.05) is 5.56 Å². The van der Waals surface area contributed by atoms with Gasteiger partial charge in [-0.1, -0.05) is 18.7 Å². The lowest BCUT2D eigenvalue weighted by molar-refractivity contribution is 0.112. The Kier molecular flexibility index (Phi) is 3.89. The summed E-state index contributed by atoms with van der Waals surface area (Å²) in [4.78, 5) is 10.6. The van der Waals surface area contributed by atoms with E-state index < -0.39 is 0 Å². The highest BCUT2D eigenvalue weighted by molar-refractivity contribution is 9.10. The highest BCUT2D eigenvalue weighted by atomic mass is 79.9. The summed E-state index contributed by atoms with van der Waals surface area (Å²) in [7, 11) is 0. The smallest absolute Gasteiger partial charge is 0.151 e. The molecule has 0 amide bonds. The van der Waals surface area contributed by atoms with Crippen molar-refractivity contribution in [2.45, 2.75) is 6.92 Å². The topological polar surface area (TPSA) is 26.3 Å². The molecule has 74 valence electrons. The Hall–Kier alpha value is -1.09. The molecule has 0 aliphatic carbocycles. The van der Waals surface area contributed by atoms with Crippen LogP contribution < -0.4 is 4.74 Å². The Morgan fingerprint density at radius 1 is 1.64 bits per heavy atom. The molecular weight excluding hydrogens is 244 g/mol. The van der Waals surface area contributed by atoms with Gasteiger partial charge in [0.1, 0.15) is 12.4 Å². The van der Waals surface area contributed by atoms with Gasteiger partial charge < -0.3 is 4.74 Å². The van der Waals surface area contributed by atoms with Gasteiger partial charge in [0.15, 0.2) is 6.29 Å². The Balaban J connectivity index is 2.86. The predicted octanol–water partition coefficient (Wildman–Crippen LogP) is 3.22. The molecule has 0 radical (unpaired) electrons. The lowest BCUT2D eigenvalue weighted by Crippen LogP contribution is -1.99. The number of benzene rings is 1. The monoisotopic (exact) mass is 254 g/mol. The van der Waals surface area contributed by atoms with E-state index in [0.717, 1.165) is 11.9 Å². The van der Waals surface area contributed by atoms with Gasteiger partial charge in [0.25, 0.3) is 0 Å². The van der Waals surface area contributed by atoms with Crippen molar-refractivity contribution in [3.05, 3.63) is 40.4 Å². The molecule has 0 aliphatic rings. The molecule has 2 nitrogen and oxygen atoms in total. The molecular formula is C11H11BrO2. The predicted molar refractivity (Wildman–Crippen MR) is 59.8 cm³/mol. The number of rotatable bonds is 4. The third kappa shape index (κ3) is 2.70. The molecule has 0 fully saturated rings. The first-order valence-electron chi connectivity index (χ1n) is 4.16. The molecule has 0 heterocycles. The second-order valence-electron chi connectivity index (χ2n) is 3.02. The number of hydrogen-bond acceptors (Lipinski definition) is 2. The molecule has 0 aliphatic heterocycles. The van der Waals surface area contributed by atoms with Crippen LogP contribution in [0.2, 0.25) is 0 Å². The molecule has 0 saturated carbocycles. The lowest BCUT2D eigenvalue weighted by atomic mass is 10.2. The highest BCUT2D eigenvalue weighted by Gasteiger charge is 2.05. The second kappa shape index (κ2) is 4.96. The van der Waals surface area contributed by atoms with Crippen molar-refractivity contribution >= 4 is 22.2 Å². The van der Waals surface area contributed by atoms with E-state index in [1.54, 1.807) is 18.2 Å². The van der Waals surface area contributed by atoms with Gasteiger partial charge in [0.2, 0.25) is 0 Å². The quantitative estimate of drug-likeness (QED) is 0.610. The second-order valence-corrected chi connectivity index (χ2v) is 3.82. The molecule has 14 heavy (non-hydrogen) atoms. The third-order valence-corrected chi connectivity index (χ3v) is 2.44. The van der Waals surface area contributed by atoms with Gasteiger partial charge in [-0.05, 0) is 34.5 Å². The van der Waals surface area contributed by atoms with Gasteiger partial charge in [-0.25, -0.2) is 0 Å². The molecule has 0 N–H and O–H groups in total. The maximum absolute atomic E-state index is 10.6. The van der Waals surface area contributed by atoms with Gasteiger partial charge in [-0.3, -0.25) is 4.79 Å². The van der Waals surface area contributed by atoms with Gasteiger partial charge >= 0.3 is 0 Å². The van der Waals surface area contributed by atoms with Crippen LogP contribution in [0, 0.1) is 0 Å². The first kappa shape index (κ1) is 11.0. The van der Waals surface area contributed by atoms with Gasteiger partial charge in [-0.15, -0.1) is 0 Å². The minimum atomic E-state index is 0.459. The summed E-state index contributed by atoms with van der Waals surface area (Å²) in [6.07, 6.45) is 0.789. The molecule has 3 heteroatoms. The maximum Gasteiger partial charge on any atom is 0.151 e. The van der Waals surface area contributed by atoms with Crippen LogP contribution in [-0.2, 0) is 0 Å². The number of halogens is 1. The fourth-order valence-corrected chi connectivity index (χ4v) is 1.40. The van der Waals surface area contributed by atoms with Crippen LogP contribution in [0.5, 0.6) is 5.75 Å². The Morgan fingerprint density at radius 3 is 2.93 bits per heavy atom. The van der Waals surface area contributed by atoms with Crippen molar-refractivity contribution in [1.82, 2.24) is 0 Å². The number of carbonyl (C=O) groups excluding carboxylic acids is 1. The first-order chi connectivity index (χ1) is 6.65. The summed E-state index contributed by atoms with van der Waals surface area (Å²) in [5.74, 6) is 0.664. The van der Waals surface area contributed by atoms with Crippen molar-refractivity contribution in [1.29, 1.82) is 0 Å². The van der Waals surface area contributed by atoms with Crippen molar-refractivity contribution in [3.8, 4) is 5.75 Å². The summed E-state index contributed by atoms with van der Waals surface area (Å²) in [6.45, 7) is 6.08. The highest BCUT2D eigenvalue weighted by Crippen LogP contribution is 2.27. The lowest BCUT2D eigenvalue weighted by Gasteiger charge is -2.08. The van der Waals surface area contributed by atoms with Crippen molar-refractivity contribution < 1.29 is 9.53 Å². The van der Waals surface area contributed by atoms with Crippen LogP contribution in [0.15, 0.2) is 34.8 Å². The van der Waals surface area contributed by atoms with Gasteiger partial charge in [-0.2, -0.15) is 0 Å². The van der Waals surface area contributed by atoms with Crippen LogP contribution in [0.4, 0.5) is 0 Å². The summed E-state index contributed by atoms with van der Waals surface area (Å²) in [6, 6.07) is 5.31. The largest absolute Gasteiger partial charge is 0.488 e. The van der Waals surface area contributed by atoms with E-state index in [-0.39, 0.29) is 0 Å². The minimum absolute atomic E-state index is 0.459. The zero-order valence-corrected chi connectivity index (χ0v) is 9.50. The van der Waals surface area contributed by atoms with E-state index in [0.29, 0.717) is 22.4 Å². The normalized spacial score (nSPS) is 9.57. The summed E-state index contributed by atoms with van der Waals surface area (Å²) >= 11 is 3.31. The molecule has 1 aromatic rings. The Bertz CT molecular complexity index is 358. The number of hydrogen-bond donors (Lipinski definition) is 0. The van der Waals surface area contributed by atoms with E-state index in [2.05, 4.69) is 22.5 Å². The maximum atomic E-state index is 10.6. The van der Waals surface area contributed by atoms with E-state index in [1.807, 2.05) is 6.92 Å².